The Balaban J connectivity index is 1.94. The van der Waals surface area contributed by atoms with Crippen molar-refractivity contribution in [2.75, 3.05) is 5.32 Å². The average Bonchev–Trinajstić information content (AvgIpc) is 2.99. The van der Waals surface area contributed by atoms with Gasteiger partial charge >= 0.3 is 6.18 Å². The van der Waals surface area contributed by atoms with Crippen LogP contribution in [0.1, 0.15) is 37.4 Å². The van der Waals surface area contributed by atoms with Crippen LogP contribution in [0.2, 0.25) is 0 Å². The first-order valence-electron chi connectivity index (χ1n) is 9.24. The zero-order valence-corrected chi connectivity index (χ0v) is 16.2. The van der Waals surface area contributed by atoms with Gasteiger partial charge in [0, 0.05) is 23.7 Å². The lowest BCUT2D eigenvalue weighted by Crippen LogP contribution is -2.58. The maximum absolute atomic E-state index is 14.2. The Morgan fingerprint density at radius 3 is 2.55 bits per heavy atom. The van der Waals surface area contributed by atoms with Gasteiger partial charge in [-0.1, -0.05) is 32.0 Å². The van der Waals surface area contributed by atoms with Crippen LogP contribution in [0.3, 0.4) is 0 Å². The van der Waals surface area contributed by atoms with Gasteiger partial charge in [0.25, 0.3) is 0 Å². The highest BCUT2D eigenvalue weighted by molar-refractivity contribution is 5.91. The van der Waals surface area contributed by atoms with Gasteiger partial charge < -0.3 is 15.5 Å². The first kappa shape index (κ1) is 19.6. The van der Waals surface area contributed by atoms with E-state index in [0.717, 1.165) is 5.52 Å². The van der Waals surface area contributed by atoms with Crippen LogP contribution in [0.5, 0.6) is 5.75 Å². The van der Waals surface area contributed by atoms with Crippen molar-refractivity contribution in [3.05, 3.63) is 53.7 Å². The highest BCUT2D eigenvalue weighted by Gasteiger charge is 2.64. The third-order valence-corrected chi connectivity index (χ3v) is 5.83. The third kappa shape index (κ3) is 2.85. The Labute approximate surface area is 165 Å². The van der Waals surface area contributed by atoms with E-state index in [0.29, 0.717) is 16.6 Å². The minimum atomic E-state index is -4.88. The average molecular weight is 405 g/mol. The zero-order chi connectivity index (χ0) is 21.2. The number of aliphatic hydroxyl groups is 1. The molecule has 8 heteroatoms. The number of nitrogens with one attached hydrogen (secondary N) is 1. The second-order valence-electron chi connectivity index (χ2n) is 8.31. The summed E-state index contributed by atoms with van der Waals surface area (Å²) in [7, 11) is 1.74. The molecule has 0 saturated heterocycles. The Morgan fingerprint density at radius 1 is 1.17 bits per heavy atom. The van der Waals surface area contributed by atoms with Crippen molar-refractivity contribution < 1.29 is 23.4 Å². The molecule has 2 unspecified atom stereocenters. The third-order valence-electron chi connectivity index (χ3n) is 5.83. The fourth-order valence-electron chi connectivity index (χ4n) is 4.58. The number of aromatic nitrogens is 2. The molecule has 29 heavy (non-hydrogen) atoms. The lowest BCUT2D eigenvalue weighted by atomic mass is 9.63. The maximum Gasteiger partial charge on any atom is 0.419 e. The van der Waals surface area contributed by atoms with E-state index in [-0.39, 0.29) is 11.3 Å². The molecule has 2 atom stereocenters. The van der Waals surface area contributed by atoms with E-state index in [9.17, 15) is 23.4 Å². The first-order valence-corrected chi connectivity index (χ1v) is 9.24. The van der Waals surface area contributed by atoms with Crippen molar-refractivity contribution in [1.82, 2.24) is 9.78 Å². The molecule has 0 saturated carbocycles. The molecule has 0 amide bonds. The van der Waals surface area contributed by atoms with Gasteiger partial charge in [-0.25, -0.2) is 0 Å². The molecule has 2 aromatic carbocycles. The number of hydrogen-bond acceptors (Lipinski definition) is 4. The molecule has 5 nitrogen and oxygen atoms in total. The number of anilines is 1. The summed E-state index contributed by atoms with van der Waals surface area (Å²) >= 11 is 0. The molecule has 0 aliphatic heterocycles. The fourth-order valence-corrected chi connectivity index (χ4v) is 4.58. The van der Waals surface area contributed by atoms with Crippen LogP contribution in [0, 0.1) is 0 Å². The summed E-state index contributed by atoms with van der Waals surface area (Å²) in [6.45, 7) is 3.20. The SMILES string of the molecule is Cn1ncc2c(NC3c4cccc(O)c4C(C)(C)CC3(O)C(F)(F)F)cccc21. The molecule has 1 aliphatic carbocycles. The number of aryl methyl sites for hydroxylation is 1. The number of fused-ring (bicyclic) bond motifs is 2. The van der Waals surface area contributed by atoms with E-state index < -0.39 is 29.7 Å². The van der Waals surface area contributed by atoms with Crippen molar-refractivity contribution in [2.45, 2.75) is 43.5 Å². The molecule has 154 valence electrons. The van der Waals surface area contributed by atoms with Crippen molar-refractivity contribution in [2.24, 2.45) is 7.05 Å². The molecular formula is C21H22F3N3O2. The van der Waals surface area contributed by atoms with Gasteiger partial charge in [0.05, 0.1) is 17.8 Å². The monoisotopic (exact) mass is 405 g/mol. The Hall–Kier alpha value is -2.74. The number of phenols is 1. The predicted octanol–water partition coefficient (Wildman–Crippen LogP) is 4.41. The molecule has 0 radical (unpaired) electrons. The van der Waals surface area contributed by atoms with E-state index in [1.165, 1.54) is 18.2 Å². The molecule has 0 spiro atoms. The van der Waals surface area contributed by atoms with E-state index in [1.54, 1.807) is 43.9 Å². The van der Waals surface area contributed by atoms with Gasteiger partial charge in [-0.05, 0) is 35.6 Å². The van der Waals surface area contributed by atoms with Crippen molar-refractivity contribution in [3.63, 3.8) is 0 Å². The highest BCUT2D eigenvalue weighted by atomic mass is 19.4. The molecule has 3 aromatic rings. The summed E-state index contributed by atoms with van der Waals surface area (Å²) in [6.07, 6.45) is -3.90. The van der Waals surface area contributed by atoms with Gasteiger partial charge in [0.1, 0.15) is 5.75 Å². The van der Waals surface area contributed by atoms with Crippen LogP contribution < -0.4 is 5.32 Å². The topological polar surface area (TPSA) is 70.3 Å². The summed E-state index contributed by atoms with van der Waals surface area (Å²) < 4.78 is 44.1. The number of rotatable bonds is 2. The molecule has 1 heterocycles. The number of hydrogen-bond donors (Lipinski definition) is 3. The lowest BCUT2D eigenvalue weighted by Gasteiger charge is -2.49. The van der Waals surface area contributed by atoms with Gasteiger partial charge in [-0.3, -0.25) is 4.68 Å². The number of aromatic hydroxyl groups is 1. The van der Waals surface area contributed by atoms with E-state index in [1.807, 2.05) is 6.07 Å². The van der Waals surface area contributed by atoms with Crippen LogP contribution in [0.25, 0.3) is 10.9 Å². The largest absolute Gasteiger partial charge is 0.508 e. The van der Waals surface area contributed by atoms with Gasteiger partial charge in [0.2, 0.25) is 0 Å². The van der Waals surface area contributed by atoms with Crippen LogP contribution in [0.15, 0.2) is 42.6 Å². The summed E-state index contributed by atoms with van der Waals surface area (Å²) in [5.74, 6) is -0.0805. The quantitative estimate of drug-likeness (QED) is 0.591. The Morgan fingerprint density at radius 2 is 1.86 bits per heavy atom. The smallest absolute Gasteiger partial charge is 0.419 e. The van der Waals surface area contributed by atoms with E-state index >= 15 is 0 Å². The van der Waals surface area contributed by atoms with Crippen molar-refractivity contribution >= 4 is 16.6 Å². The molecular weight excluding hydrogens is 383 g/mol. The van der Waals surface area contributed by atoms with Gasteiger partial charge in [-0.15, -0.1) is 0 Å². The maximum atomic E-state index is 14.2. The number of benzene rings is 2. The van der Waals surface area contributed by atoms with Crippen LogP contribution >= 0.6 is 0 Å². The molecule has 3 N–H and O–H groups in total. The van der Waals surface area contributed by atoms with Gasteiger partial charge in [0.15, 0.2) is 5.60 Å². The number of phenolic OH excluding ortho intramolecular Hbond substituents is 1. The van der Waals surface area contributed by atoms with Crippen LogP contribution in [0.4, 0.5) is 18.9 Å². The van der Waals surface area contributed by atoms with Crippen LogP contribution in [-0.2, 0) is 12.5 Å². The molecule has 1 aliphatic rings. The van der Waals surface area contributed by atoms with Gasteiger partial charge in [-0.2, -0.15) is 18.3 Å². The standard InChI is InChI=1S/C21H22F3N3O2/c1-19(2)11-20(29,21(22,23)24)18(12-6-4-9-16(28)17(12)19)26-14-7-5-8-15-13(14)10-25-27(15)3/h4-10,18,26,28-29H,11H2,1-3H3. The van der Waals surface area contributed by atoms with E-state index in [4.69, 9.17) is 0 Å². The van der Waals surface area contributed by atoms with Crippen LogP contribution in [-0.4, -0.2) is 31.8 Å². The second-order valence-corrected chi connectivity index (χ2v) is 8.31. The number of halogens is 3. The normalized spacial score (nSPS) is 23.8. The minimum absolute atomic E-state index is 0.0805. The first-order chi connectivity index (χ1) is 13.5. The summed E-state index contributed by atoms with van der Waals surface area (Å²) in [6, 6.07) is 8.16. The lowest BCUT2D eigenvalue weighted by molar-refractivity contribution is -0.275. The zero-order valence-electron chi connectivity index (χ0n) is 16.2. The summed E-state index contributed by atoms with van der Waals surface area (Å²) in [5.41, 5.74) is -2.30. The minimum Gasteiger partial charge on any atom is -0.508 e. The predicted molar refractivity (Wildman–Crippen MR) is 104 cm³/mol. The molecule has 1 aromatic heterocycles. The fraction of sp³-hybridized carbons (Fsp3) is 0.381. The number of alkyl halides is 3. The molecule has 0 bridgehead atoms. The Bertz CT molecular complexity index is 1090. The van der Waals surface area contributed by atoms with Crippen molar-refractivity contribution in [1.29, 1.82) is 0 Å². The summed E-state index contributed by atoms with van der Waals surface area (Å²) in [5, 5.41) is 29.1. The number of nitrogens with zero attached hydrogens (tertiary/aromatic N) is 2. The van der Waals surface area contributed by atoms with Crippen molar-refractivity contribution in [3.8, 4) is 5.75 Å². The highest BCUT2D eigenvalue weighted by Crippen LogP contribution is 2.56. The Kier molecular flexibility index (Phi) is 4.13. The second kappa shape index (κ2) is 6.13. The summed E-state index contributed by atoms with van der Waals surface area (Å²) in [4.78, 5) is 0. The molecule has 0 fully saturated rings. The molecule has 4 rings (SSSR count). The van der Waals surface area contributed by atoms with E-state index in [2.05, 4.69) is 10.4 Å².